The number of nitrogens with zero attached hydrogens (tertiary/aromatic N) is 1. The van der Waals surface area contributed by atoms with Crippen molar-refractivity contribution in [2.24, 2.45) is 0 Å². The Morgan fingerprint density at radius 3 is 2.63 bits per heavy atom. The van der Waals surface area contributed by atoms with E-state index in [1.807, 2.05) is 30.3 Å². The van der Waals surface area contributed by atoms with E-state index in [0.29, 0.717) is 17.9 Å². The third-order valence-corrected chi connectivity index (χ3v) is 4.86. The second kappa shape index (κ2) is 7.54. The molecule has 1 heterocycles. The van der Waals surface area contributed by atoms with Crippen molar-refractivity contribution in [1.29, 1.82) is 0 Å². The van der Waals surface area contributed by atoms with Gasteiger partial charge in [0.1, 0.15) is 17.5 Å². The van der Waals surface area contributed by atoms with E-state index in [1.165, 1.54) is 18.7 Å². The molecule has 2 aromatic rings. The first kappa shape index (κ1) is 19.1. The molecule has 1 unspecified atom stereocenters. The molecule has 0 bridgehead atoms. The van der Waals surface area contributed by atoms with Crippen LogP contribution in [0.25, 0.3) is 0 Å². The van der Waals surface area contributed by atoms with Crippen LogP contribution in [0.3, 0.4) is 0 Å². The number of aliphatic hydroxyl groups excluding tert-OH is 1. The number of benzene rings is 2. The highest BCUT2D eigenvalue weighted by molar-refractivity contribution is 5.57. The average molecular weight is 372 g/mol. The molecule has 2 N–H and O–H groups in total. The van der Waals surface area contributed by atoms with E-state index in [-0.39, 0.29) is 11.4 Å². The SMILES string of the molecule is COc1cc2c(cc1[N+](=O)[O-])OC(C)(C)C(O)[C@H]2NCCc1ccccc1. The average Bonchev–Trinajstić information content (AvgIpc) is 2.64. The molecule has 0 spiro atoms. The van der Waals surface area contributed by atoms with Gasteiger partial charge in [0.05, 0.1) is 24.1 Å². The van der Waals surface area contributed by atoms with Gasteiger partial charge >= 0.3 is 5.69 Å². The molecule has 0 saturated heterocycles. The highest BCUT2D eigenvalue weighted by atomic mass is 16.6. The van der Waals surface area contributed by atoms with Crippen molar-refractivity contribution in [3.05, 3.63) is 63.7 Å². The highest BCUT2D eigenvalue weighted by Crippen LogP contribution is 2.44. The number of nitro groups is 1. The van der Waals surface area contributed by atoms with Gasteiger partial charge in [0, 0.05) is 5.56 Å². The zero-order valence-electron chi connectivity index (χ0n) is 15.6. The summed E-state index contributed by atoms with van der Waals surface area (Å²) in [4.78, 5) is 10.8. The Kier molecular flexibility index (Phi) is 5.34. The van der Waals surface area contributed by atoms with Gasteiger partial charge in [0.25, 0.3) is 0 Å². The summed E-state index contributed by atoms with van der Waals surface area (Å²) in [7, 11) is 1.39. The van der Waals surface area contributed by atoms with Gasteiger partial charge in [-0.3, -0.25) is 10.1 Å². The monoisotopic (exact) mass is 372 g/mol. The van der Waals surface area contributed by atoms with Crippen molar-refractivity contribution in [3.63, 3.8) is 0 Å². The first-order valence-corrected chi connectivity index (χ1v) is 8.84. The molecule has 144 valence electrons. The van der Waals surface area contributed by atoms with Crippen LogP contribution in [0.2, 0.25) is 0 Å². The third kappa shape index (κ3) is 3.89. The molecule has 2 atom stereocenters. The molecule has 0 aromatic heterocycles. The number of rotatable bonds is 6. The molecular weight excluding hydrogens is 348 g/mol. The molecule has 0 fully saturated rings. The van der Waals surface area contributed by atoms with Gasteiger partial charge in [-0.15, -0.1) is 0 Å². The topological polar surface area (TPSA) is 93.9 Å². The first-order chi connectivity index (χ1) is 12.8. The minimum atomic E-state index is -0.889. The second-order valence-corrected chi connectivity index (χ2v) is 7.14. The lowest BCUT2D eigenvalue weighted by Gasteiger charge is -2.42. The van der Waals surface area contributed by atoms with E-state index in [2.05, 4.69) is 5.32 Å². The molecule has 3 rings (SSSR count). The summed E-state index contributed by atoms with van der Waals surface area (Å²) in [6.45, 7) is 4.17. The van der Waals surface area contributed by atoms with E-state index in [9.17, 15) is 15.2 Å². The predicted octanol–water partition coefficient (Wildman–Crippen LogP) is 3.01. The normalized spacial score (nSPS) is 20.4. The first-order valence-electron chi connectivity index (χ1n) is 8.84. The molecule has 0 radical (unpaired) electrons. The van der Waals surface area contributed by atoms with Crippen LogP contribution in [0.15, 0.2) is 42.5 Å². The molecule has 0 amide bonds. The molecule has 1 aliphatic rings. The van der Waals surface area contributed by atoms with Gasteiger partial charge < -0.3 is 19.9 Å². The zero-order valence-corrected chi connectivity index (χ0v) is 15.6. The molecule has 2 aromatic carbocycles. The van der Waals surface area contributed by atoms with Gasteiger partial charge in [-0.2, -0.15) is 0 Å². The molecule has 0 saturated carbocycles. The van der Waals surface area contributed by atoms with E-state index in [4.69, 9.17) is 9.47 Å². The molecule has 7 heteroatoms. The maximum atomic E-state index is 11.3. The van der Waals surface area contributed by atoms with Gasteiger partial charge in [0.2, 0.25) is 0 Å². The fourth-order valence-corrected chi connectivity index (χ4v) is 3.36. The fraction of sp³-hybridized carbons (Fsp3) is 0.400. The van der Waals surface area contributed by atoms with Gasteiger partial charge in [0.15, 0.2) is 5.75 Å². The third-order valence-electron chi connectivity index (χ3n) is 4.86. The Hall–Kier alpha value is -2.64. The number of nitrogens with one attached hydrogen (secondary N) is 1. The maximum absolute atomic E-state index is 11.3. The summed E-state index contributed by atoms with van der Waals surface area (Å²) in [6, 6.07) is 12.6. The Morgan fingerprint density at radius 2 is 2.00 bits per heavy atom. The minimum absolute atomic E-state index is 0.143. The molecular formula is C20H24N2O5. The maximum Gasteiger partial charge on any atom is 0.314 e. The molecule has 27 heavy (non-hydrogen) atoms. The van der Waals surface area contributed by atoms with Crippen LogP contribution in [0.4, 0.5) is 5.69 Å². The Balaban J connectivity index is 1.90. The van der Waals surface area contributed by atoms with Crippen LogP contribution < -0.4 is 14.8 Å². The van der Waals surface area contributed by atoms with Crippen molar-refractivity contribution in [2.45, 2.75) is 38.0 Å². The summed E-state index contributed by atoms with van der Waals surface area (Å²) in [6.07, 6.45) is -0.0305. The van der Waals surface area contributed by atoms with Gasteiger partial charge in [-0.25, -0.2) is 0 Å². The number of hydrogen-bond acceptors (Lipinski definition) is 6. The Labute approximate surface area is 158 Å². The summed E-state index contributed by atoms with van der Waals surface area (Å²) in [5.74, 6) is 0.527. The van der Waals surface area contributed by atoms with Crippen LogP contribution in [0, 0.1) is 10.1 Å². The summed E-state index contributed by atoms with van der Waals surface area (Å²) in [5.41, 5.74) is 0.788. The van der Waals surface area contributed by atoms with E-state index in [1.54, 1.807) is 19.9 Å². The van der Waals surface area contributed by atoms with Crippen molar-refractivity contribution < 1.29 is 19.5 Å². The van der Waals surface area contributed by atoms with E-state index < -0.39 is 22.7 Å². The number of hydrogen-bond donors (Lipinski definition) is 2. The zero-order chi connectivity index (χ0) is 19.6. The number of methoxy groups -OCH3 is 1. The lowest BCUT2D eigenvalue weighted by atomic mass is 9.86. The van der Waals surface area contributed by atoms with Crippen LogP contribution in [0.1, 0.15) is 31.0 Å². The Morgan fingerprint density at radius 1 is 1.30 bits per heavy atom. The van der Waals surface area contributed by atoms with E-state index >= 15 is 0 Å². The van der Waals surface area contributed by atoms with Crippen molar-refractivity contribution in [1.82, 2.24) is 5.32 Å². The highest BCUT2D eigenvalue weighted by Gasteiger charge is 2.44. The molecule has 1 aliphatic heterocycles. The lowest BCUT2D eigenvalue weighted by molar-refractivity contribution is -0.385. The van der Waals surface area contributed by atoms with Crippen molar-refractivity contribution in [2.75, 3.05) is 13.7 Å². The summed E-state index contributed by atoms with van der Waals surface area (Å²) >= 11 is 0. The largest absolute Gasteiger partial charge is 0.490 e. The lowest BCUT2D eigenvalue weighted by Crippen LogP contribution is -2.52. The van der Waals surface area contributed by atoms with Gasteiger partial charge in [-0.1, -0.05) is 30.3 Å². The van der Waals surface area contributed by atoms with Crippen LogP contribution >= 0.6 is 0 Å². The van der Waals surface area contributed by atoms with Crippen molar-refractivity contribution >= 4 is 5.69 Å². The summed E-state index contributed by atoms with van der Waals surface area (Å²) < 4.78 is 11.0. The standard InChI is InChI=1S/C20H24N2O5/c1-20(2)19(23)18(21-10-9-13-7-5-4-6-8-13)14-11-17(26-3)15(22(24)25)12-16(14)27-20/h4-8,11-12,18-19,21,23H,9-10H2,1-3H3/t18-,19?/m0/s1. The quantitative estimate of drug-likeness (QED) is 0.598. The number of aliphatic hydroxyl groups is 1. The number of ether oxygens (including phenoxy) is 2. The summed E-state index contributed by atoms with van der Waals surface area (Å²) in [5, 5.41) is 25.5. The van der Waals surface area contributed by atoms with E-state index in [0.717, 1.165) is 6.42 Å². The smallest absolute Gasteiger partial charge is 0.314 e. The van der Waals surface area contributed by atoms with Gasteiger partial charge in [-0.05, 0) is 38.4 Å². The molecule has 0 aliphatic carbocycles. The second-order valence-electron chi connectivity index (χ2n) is 7.14. The molecule has 7 nitrogen and oxygen atoms in total. The Bertz CT molecular complexity index is 823. The van der Waals surface area contributed by atoms with Crippen LogP contribution in [0.5, 0.6) is 11.5 Å². The fourth-order valence-electron chi connectivity index (χ4n) is 3.36. The minimum Gasteiger partial charge on any atom is -0.490 e. The van der Waals surface area contributed by atoms with Crippen molar-refractivity contribution in [3.8, 4) is 11.5 Å². The number of fused-ring (bicyclic) bond motifs is 1. The van der Waals surface area contributed by atoms with Crippen LogP contribution in [-0.2, 0) is 6.42 Å². The van der Waals surface area contributed by atoms with Crippen LogP contribution in [-0.4, -0.2) is 35.4 Å². The predicted molar refractivity (Wildman–Crippen MR) is 101 cm³/mol. The number of nitro benzene ring substituents is 1.